The summed E-state index contributed by atoms with van der Waals surface area (Å²) >= 11 is 1.65. The number of thioether (sulfide) groups is 1. The Bertz CT molecular complexity index is 539. The van der Waals surface area contributed by atoms with E-state index < -0.39 is 5.97 Å². The Hall–Kier alpha value is -1.67. The minimum atomic E-state index is -0.718. The number of carboxylic acid groups (broad SMARTS) is 1. The highest BCUT2D eigenvalue weighted by Crippen LogP contribution is 2.32. The predicted molar refractivity (Wildman–Crippen MR) is 79.9 cm³/mol. The Morgan fingerprint density at radius 2 is 2.35 bits per heavy atom. The van der Waals surface area contributed by atoms with Crippen molar-refractivity contribution in [2.75, 3.05) is 11.1 Å². The molecular weight excluding hydrogens is 272 g/mol. The van der Waals surface area contributed by atoms with Crippen LogP contribution in [0.2, 0.25) is 0 Å². The highest BCUT2D eigenvalue weighted by atomic mass is 32.2. The largest absolute Gasteiger partial charge is 0.481 e. The van der Waals surface area contributed by atoms with Crippen LogP contribution < -0.4 is 5.32 Å². The van der Waals surface area contributed by atoms with Crippen molar-refractivity contribution in [2.45, 2.75) is 37.1 Å². The maximum absolute atomic E-state index is 11.0. The van der Waals surface area contributed by atoms with Gasteiger partial charge in [0.15, 0.2) is 0 Å². The van der Waals surface area contributed by atoms with Gasteiger partial charge in [-0.3, -0.25) is 4.79 Å². The first-order valence-electron chi connectivity index (χ1n) is 6.81. The van der Waals surface area contributed by atoms with E-state index in [9.17, 15) is 10.1 Å². The second-order valence-corrected chi connectivity index (χ2v) is 6.22. The molecule has 0 radical (unpaired) electrons. The van der Waals surface area contributed by atoms with E-state index in [1.54, 1.807) is 11.8 Å². The van der Waals surface area contributed by atoms with Crippen molar-refractivity contribution in [1.82, 2.24) is 0 Å². The van der Waals surface area contributed by atoms with Gasteiger partial charge in [-0.05, 0) is 37.1 Å². The zero-order valence-electron chi connectivity index (χ0n) is 11.4. The summed E-state index contributed by atoms with van der Waals surface area (Å²) in [5.74, 6) is -0.0563. The van der Waals surface area contributed by atoms with Gasteiger partial charge >= 0.3 is 5.97 Å². The highest BCUT2D eigenvalue weighted by molar-refractivity contribution is 7.99. The molecule has 2 atom stereocenters. The van der Waals surface area contributed by atoms with Crippen molar-refractivity contribution in [3.05, 3.63) is 23.8 Å². The molecule has 1 aromatic rings. The molecule has 2 unspecified atom stereocenters. The smallest absolute Gasteiger partial charge is 0.306 e. The molecule has 0 saturated heterocycles. The third kappa shape index (κ3) is 3.26. The maximum Gasteiger partial charge on any atom is 0.306 e. The van der Waals surface area contributed by atoms with Crippen molar-refractivity contribution in [1.29, 1.82) is 5.26 Å². The monoisotopic (exact) mass is 290 g/mol. The average Bonchev–Trinajstić information content (AvgIpc) is 2.88. The first kappa shape index (κ1) is 14.7. The fourth-order valence-corrected chi connectivity index (χ4v) is 3.39. The summed E-state index contributed by atoms with van der Waals surface area (Å²) in [6, 6.07) is 8.18. The summed E-state index contributed by atoms with van der Waals surface area (Å²) in [6.07, 6.45) is 2.18. The molecule has 0 bridgehead atoms. The maximum atomic E-state index is 11.0. The van der Waals surface area contributed by atoms with Gasteiger partial charge in [0.05, 0.1) is 17.2 Å². The third-order valence-electron chi connectivity index (χ3n) is 3.58. The van der Waals surface area contributed by atoms with Crippen LogP contribution in [0, 0.1) is 17.2 Å². The summed E-state index contributed by atoms with van der Waals surface area (Å²) in [5, 5.41) is 21.7. The molecule has 1 aliphatic rings. The summed E-state index contributed by atoms with van der Waals surface area (Å²) in [6.45, 7) is 2.06. The molecule has 2 rings (SSSR count). The minimum Gasteiger partial charge on any atom is -0.481 e. The Labute approximate surface area is 123 Å². The molecule has 0 aliphatic heterocycles. The molecule has 1 fully saturated rings. The molecule has 106 valence electrons. The lowest BCUT2D eigenvalue weighted by Crippen LogP contribution is -2.18. The number of hydrogen-bond acceptors (Lipinski definition) is 4. The number of nitrogens with one attached hydrogen (secondary N) is 1. The average molecular weight is 290 g/mol. The number of carbonyl (C=O) groups is 1. The van der Waals surface area contributed by atoms with Crippen LogP contribution in [-0.4, -0.2) is 22.9 Å². The molecular formula is C15H18N2O2S. The molecule has 20 heavy (non-hydrogen) atoms. The van der Waals surface area contributed by atoms with Crippen molar-refractivity contribution in [3.8, 4) is 6.07 Å². The molecule has 0 amide bonds. The van der Waals surface area contributed by atoms with Crippen molar-refractivity contribution in [2.24, 2.45) is 5.92 Å². The number of nitriles is 1. The summed E-state index contributed by atoms with van der Waals surface area (Å²) < 4.78 is 0. The van der Waals surface area contributed by atoms with Crippen LogP contribution in [0.3, 0.4) is 0 Å². The summed E-state index contributed by atoms with van der Waals surface area (Å²) in [5.41, 5.74) is 1.49. The van der Waals surface area contributed by atoms with Gasteiger partial charge in [-0.1, -0.05) is 13.0 Å². The zero-order valence-corrected chi connectivity index (χ0v) is 12.2. The summed E-state index contributed by atoms with van der Waals surface area (Å²) in [7, 11) is 0. The van der Waals surface area contributed by atoms with E-state index in [1.165, 1.54) is 0 Å². The fraction of sp³-hybridized carbons (Fsp3) is 0.467. The van der Waals surface area contributed by atoms with E-state index >= 15 is 0 Å². The molecule has 0 aromatic heterocycles. The van der Waals surface area contributed by atoms with Crippen molar-refractivity contribution >= 4 is 23.4 Å². The minimum absolute atomic E-state index is 0.144. The van der Waals surface area contributed by atoms with Crippen LogP contribution in [-0.2, 0) is 4.79 Å². The van der Waals surface area contributed by atoms with E-state index in [1.807, 2.05) is 18.2 Å². The van der Waals surface area contributed by atoms with Gasteiger partial charge in [0.25, 0.3) is 0 Å². The van der Waals surface area contributed by atoms with Crippen LogP contribution in [0.1, 0.15) is 31.7 Å². The van der Waals surface area contributed by atoms with Gasteiger partial charge in [0, 0.05) is 10.9 Å². The number of hydrogen-bond donors (Lipinski definition) is 2. The highest BCUT2D eigenvalue weighted by Gasteiger charge is 2.30. The van der Waals surface area contributed by atoms with Crippen LogP contribution in [0.5, 0.6) is 0 Å². The Morgan fingerprint density at radius 3 is 2.95 bits per heavy atom. The Balaban J connectivity index is 2.12. The van der Waals surface area contributed by atoms with E-state index in [4.69, 9.17) is 5.11 Å². The Morgan fingerprint density at radius 1 is 1.55 bits per heavy atom. The SMILES string of the molecule is CCSc1cccc(NC2CCC(C(=O)O)C2)c1C#N. The van der Waals surface area contributed by atoms with Crippen molar-refractivity contribution in [3.63, 3.8) is 0 Å². The second kappa shape index (κ2) is 6.67. The topological polar surface area (TPSA) is 73.1 Å². The Kier molecular flexibility index (Phi) is 4.91. The molecule has 1 saturated carbocycles. The van der Waals surface area contributed by atoms with E-state index in [-0.39, 0.29) is 12.0 Å². The number of anilines is 1. The quantitative estimate of drug-likeness (QED) is 0.814. The number of benzene rings is 1. The van der Waals surface area contributed by atoms with Crippen LogP contribution in [0.15, 0.2) is 23.1 Å². The molecule has 2 N–H and O–H groups in total. The molecule has 5 heteroatoms. The zero-order chi connectivity index (χ0) is 14.5. The third-order valence-corrected chi connectivity index (χ3v) is 4.52. The molecule has 4 nitrogen and oxygen atoms in total. The van der Waals surface area contributed by atoms with Gasteiger partial charge in [0.2, 0.25) is 0 Å². The molecule has 1 aliphatic carbocycles. The number of rotatable bonds is 5. The predicted octanol–water partition coefficient (Wildman–Crippen LogP) is 3.34. The van der Waals surface area contributed by atoms with E-state index in [2.05, 4.69) is 18.3 Å². The lowest BCUT2D eigenvalue weighted by atomic mass is 10.1. The van der Waals surface area contributed by atoms with Gasteiger partial charge < -0.3 is 10.4 Å². The molecule has 0 heterocycles. The first-order chi connectivity index (χ1) is 9.65. The van der Waals surface area contributed by atoms with Crippen molar-refractivity contribution < 1.29 is 9.90 Å². The standard InChI is InChI=1S/C15H18N2O2S/c1-2-20-14-5-3-4-13(12(14)9-16)17-11-7-6-10(8-11)15(18)19/h3-5,10-11,17H,2,6-8H2,1H3,(H,18,19). The first-order valence-corrected chi connectivity index (χ1v) is 7.79. The van der Waals surface area contributed by atoms with Gasteiger partial charge in [0.1, 0.15) is 6.07 Å². The van der Waals surface area contributed by atoms with E-state index in [0.29, 0.717) is 18.4 Å². The second-order valence-electron chi connectivity index (χ2n) is 4.91. The lowest BCUT2D eigenvalue weighted by molar-refractivity contribution is -0.141. The molecule has 1 aromatic carbocycles. The van der Waals surface area contributed by atoms with E-state index in [0.717, 1.165) is 22.8 Å². The summed E-state index contributed by atoms with van der Waals surface area (Å²) in [4.78, 5) is 12.0. The fourth-order valence-electron chi connectivity index (χ4n) is 2.60. The number of carboxylic acids is 1. The van der Waals surface area contributed by atoms with Crippen LogP contribution in [0.4, 0.5) is 5.69 Å². The normalized spacial score (nSPS) is 21.4. The van der Waals surface area contributed by atoms with Crippen LogP contribution in [0.25, 0.3) is 0 Å². The van der Waals surface area contributed by atoms with Gasteiger partial charge in [-0.25, -0.2) is 0 Å². The number of nitrogens with zero attached hydrogens (tertiary/aromatic N) is 1. The van der Waals surface area contributed by atoms with Gasteiger partial charge in [-0.2, -0.15) is 5.26 Å². The lowest BCUT2D eigenvalue weighted by Gasteiger charge is -2.16. The van der Waals surface area contributed by atoms with Crippen LogP contribution >= 0.6 is 11.8 Å². The van der Waals surface area contributed by atoms with Gasteiger partial charge in [-0.15, -0.1) is 11.8 Å². The number of aliphatic carboxylic acids is 1. The molecule has 0 spiro atoms.